The number of carbonyl (C=O) groups excluding carboxylic acids is 1. The molecule has 0 atom stereocenters. The smallest absolute Gasteiger partial charge is 0.343 e. The number of rotatable bonds is 6. The minimum absolute atomic E-state index is 0.335. The predicted molar refractivity (Wildman–Crippen MR) is 91.2 cm³/mol. The summed E-state index contributed by atoms with van der Waals surface area (Å²) in [4.78, 5) is 22.8. The molecule has 2 heterocycles. The topological polar surface area (TPSA) is 55.1 Å². The van der Waals surface area contributed by atoms with Crippen LogP contribution in [0.25, 0.3) is 0 Å². The Morgan fingerprint density at radius 3 is 2.87 bits per heavy atom. The molecular weight excluding hydrogens is 334 g/mol. The maximum atomic E-state index is 12.0. The summed E-state index contributed by atoms with van der Waals surface area (Å²) in [6, 6.07) is 7.70. The van der Waals surface area contributed by atoms with E-state index in [2.05, 4.69) is 9.97 Å². The summed E-state index contributed by atoms with van der Waals surface area (Å²) in [5.74, 6) is 0.954. The van der Waals surface area contributed by atoms with Crippen LogP contribution in [0.2, 0.25) is 5.02 Å². The molecule has 120 valence electrons. The van der Waals surface area contributed by atoms with Crippen molar-refractivity contribution < 1.29 is 9.53 Å². The van der Waals surface area contributed by atoms with Crippen molar-refractivity contribution in [2.75, 3.05) is 24.6 Å². The summed E-state index contributed by atoms with van der Waals surface area (Å²) in [5.41, 5.74) is 1.46. The maximum absolute atomic E-state index is 12.0. The molecule has 1 fully saturated rings. The highest BCUT2D eigenvalue weighted by molar-refractivity contribution is 7.98. The lowest BCUT2D eigenvalue weighted by Gasteiger charge is -2.10. The predicted octanol–water partition coefficient (Wildman–Crippen LogP) is 3.42. The third-order valence-corrected chi connectivity index (χ3v) is 4.58. The van der Waals surface area contributed by atoms with E-state index in [0.29, 0.717) is 28.9 Å². The summed E-state index contributed by atoms with van der Waals surface area (Å²) in [6.45, 7) is 3.92. The molecule has 1 aromatic carbocycles. The fraction of sp³-hybridized carbons (Fsp3) is 0.312. The minimum atomic E-state index is -0.378. The van der Waals surface area contributed by atoms with Crippen LogP contribution >= 0.6 is 23.4 Å². The SMILES string of the molecule is CCOC(=O)c1cnc(SCc2ccccc2Cl)nc1N1CC1. The summed E-state index contributed by atoms with van der Waals surface area (Å²) in [5, 5.41) is 1.36. The summed E-state index contributed by atoms with van der Waals surface area (Å²) in [7, 11) is 0. The molecule has 0 radical (unpaired) electrons. The van der Waals surface area contributed by atoms with E-state index in [0.717, 1.165) is 23.7 Å². The second-order valence-corrected chi connectivity index (χ2v) is 6.33. The lowest BCUT2D eigenvalue weighted by atomic mass is 10.2. The Hall–Kier alpha value is -1.79. The Morgan fingerprint density at radius 2 is 2.17 bits per heavy atom. The zero-order valence-corrected chi connectivity index (χ0v) is 14.2. The second-order valence-electron chi connectivity index (χ2n) is 4.98. The largest absolute Gasteiger partial charge is 0.462 e. The molecule has 0 unspecified atom stereocenters. The van der Waals surface area contributed by atoms with Crippen molar-refractivity contribution in [2.45, 2.75) is 17.8 Å². The highest BCUT2D eigenvalue weighted by Gasteiger charge is 2.27. The lowest BCUT2D eigenvalue weighted by molar-refractivity contribution is 0.0526. The van der Waals surface area contributed by atoms with Crippen LogP contribution in [0.5, 0.6) is 0 Å². The molecule has 3 rings (SSSR count). The van der Waals surface area contributed by atoms with Crippen LogP contribution in [0.4, 0.5) is 5.82 Å². The van der Waals surface area contributed by atoms with Gasteiger partial charge in [-0.05, 0) is 18.6 Å². The second kappa shape index (κ2) is 7.19. The first kappa shape index (κ1) is 16.1. The van der Waals surface area contributed by atoms with Crippen LogP contribution in [0.15, 0.2) is 35.6 Å². The molecule has 0 bridgehead atoms. The quantitative estimate of drug-likeness (QED) is 0.345. The van der Waals surface area contributed by atoms with E-state index in [4.69, 9.17) is 16.3 Å². The number of aromatic nitrogens is 2. The van der Waals surface area contributed by atoms with Gasteiger partial charge < -0.3 is 9.64 Å². The van der Waals surface area contributed by atoms with E-state index in [1.165, 1.54) is 11.8 Å². The highest BCUT2D eigenvalue weighted by atomic mass is 35.5. The van der Waals surface area contributed by atoms with Gasteiger partial charge in [0, 0.05) is 30.1 Å². The van der Waals surface area contributed by atoms with Crippen LogP contribution < -0.4 is 4.90 Å². The third-order valence-electron chi connectivity index (χ3n) is 3.30. The summed E-state index contributed by atoms with van der Waals surface area (Å²) < 4.78 is 5.06. The molecule has 2 aromatic rings. The van der Waals surface area contributed by atoms with Gasteiger partial charge in [0.05, 0.1) is 6.61 Å². The first-order valence-corrected chi connectivity index (χ1v) is 8.70. The number of ether oxygens (including phenoxy) is 1. The van der Waals surface area contributed by atoms with E-state index in [1.807, 2.05) is 29.2 Å². The van der Waals surface area contributed by atoms with E-state index in [9.17, 15) is 4.79 Å². The molecule has 0 spiro atoms. The Balaban J connectivity index is 1.77. The van der Waals surface area contributed by atoms with Gasteiger partial charge in [-0.2, -0.15) is 0 Å². The molecule has 0 N–H and O–H groups in total. The van der Waals surface area contributed by atoms with Gasteiger partial charge in [0.25, 0.3) is 0 Å². The fourth-order valence-electron chi connectivity index (χ4n) is 2.04. The first-order valence-electron chi connectivity index (χ1n) is 7.34. The maximum Gasteiger partial charge on any atom is 0.343 e. The number of nitrogens with zero attached hydrogens (tertiary/aromatic N) is 3. The standard InChI is InChI=1S/C16H16ClN3O2S/c1-2-22-15(21)12-9-18-16(19-14(12)20-7-8-20)23-10-11-5-3-4-6-13(11)17/h3-6,9H,2,7-8,10H2,1H3. The van der Waals surface area contributed by atoms with E-state index in [1.54, 1.807) is 13.1 Å². The van der Waals surface area contributed by atoms with Crippen LogP contribution in [-0.4, -0.2) is 35.6 Å². The molecule has 7 heteroatoms. The zero-order valence-electron chi connectivity index (χ0n) is 12.7. The van der Waals surface area contributed by atoms with Crippen molar-refractivity contribution in [1.29, 1.82) is 0 Å². The number of hydrogen-bond acceptors (Lipinski definition) is 6. The molecule has 1 aliphatic heterocycles. The molecule has 1 aromatic heterocycles. The Morgan fingerprint density at radius 1 is 1.39 bits per heavy atom. The average molecular weight is 350 g/mol. The van der Waals surface area contributed by atoms with Crippen molar-refractivity contribution in [1.82, 2.24) is 9.97 Å². The summed E-state index contributed by atoms with van der Waals surface area (Å²) in [6.07, 6.45) is 1.55. The van der Waals surface area contributed by atoms with Gasteiger partial charge in [-0.3, -0.25) is 0 Å². The molecule has 0 saturated carbocycles. The number of esters is 1. The number of benzene rings is 1. The zero-order chi connectivity index (χ0) is 16.2. The van der Waals surface area contributed by atoms with E-state index >= 15 is 0 Å². The van der Waals surface area contributed by atoms with Gasteiger partial charge in [-0.1, -0.05) is 41.6 Å². The molecule has 1 saturated heterocycles. The van der Waals surface area contributed by atoms with Crippen LogP contribution in [-0.2, 0) is 10.5 Å². The van der Waals surface area contributed by atoms with Crippen molar-refractivity contribution in [2.24, 2.45) is 0 Å². The fourth-order valence-corrected chi connectivity index (χ4v) is 3.14. The minimum Gasteiger partial charge on any atom is -0.462 e. The van der Waals surface area contributed by atoms with E-state index < -0.39 is 0 Å². The number of carbonyl (C=O) groups is 1. The molecule has 23 heavy (non-hydrogen) atoms. The molecule has 0 aliphatic carbocycles. The Kier molecular flexibility index (Phi) is 5.03. The normalized spacial score (nSPS) is 13.0. The van der Waals surface area contributed by atoms with Gasteiger partial charge >= 0.3 is 5.97 Å². The molecular formula is C16H16ClN3O2S. The number of thioether (sulfide) groups is 1. The monoisotopic (exact) mass is 349 g/mol. The molecule has 5 nitrogen and oxygen atoms in total. The molecule has 1 aliphatic rings. The van der Waals surface area contributed by atoms with Crippen LogP contribution in [0.1, 0.15) is 22.8 Å². The van der Waals surface area contributed by atoms with Crippen molar-refractivity contribution in [3.05, 3.63) is 46.6 Å². The molecule has 0 amide bonds. The van der Waals surface area contributed by atoms with Crippen molar-refractivity contribution in [3.63, 3.8) is 0 Å². The van der Waals surface area contributed by atoms with Gasteiger partial charge in [-0.15, -0.1) is 0 Å². The van der Waals surface area contributed by atoms with Crippen LogP contribution in [0, 0.1) is 0 Å². The highest BCUT2D eigenvalue weighted by Crippen LogP contribution is 2.29. The third kappa shape index (κ3) is 3.95. The number of hydrogen-bond donors (Lipinski definition) is 0. The van der Waals surface area contributed by atoms with E-state index in [-0.39, 0.29) is 5.97 Å². The van der Waals surface area contributed by atoms with Gasteiger partial charge in [0.1, 0.15) is 11.4 Å². The lowest BCUT2D eigenvalue weighted by Crippen LogP contribution is -2.11. The Labute approximate surface area is 144 Å². The van der Waals surface area contributed by atoms with Gasteiger partial charge in [0.15, 0.2) is 5.16 Å². The van der Waals surface area contributed by atoms with Crippen LogP contribution in [0.3, 0.4) is 0 Å². The van der Waals surface area contributed by atoms with Crippen molar-refractivity contribution in [3.8, 4) is 0 Å². The van der Waals surface area contributed by atoms with Gasteiger partial charge in [0.2, 0.25) is 0 Å². The average Bonchev–Trinajstić information content (AvgIpc) is 3.39. The van der Waals surface area contributed by atoms with Crippen molar-refractivity contribution >= 4 is 35.1 Å². The number of anilines is 1. The Bertz CT molecular complexity index is 722. The first-order chi connectivity index (χ1) is 11.2. The number of halogens is 1. The summed E-state index contributed by atoms with van der Waals surface area (Å²) >= 11 is 7.66. The van der Waals surface area contributed by atoms with Gasteiger partial charge in [-0.25, -0.2) is 14.8 Å².